The van der Waals surface area contributed by atoms with Crippen LogP contribution in [-0.2, 0) is 20.0 Å². The molecular weight excluding hydrogens is 440 g/mol. The molecule has 0 spiro atoms. The third-order valence-electron chi connectivity index (χ3n) is 3.20. The van der Waals surface area contributed by atoms with Crippen LogP contribution in [0.1, 0.15) is 26.2 Å². The van der Waals surface area contributed by atoms with Crippen LogP contribution < -0.4 is 64.4 Å². The molecule has 0 aromatic rings. The number of rotatable bonds is 11. The average molecular weight is 467 g/mol. The molecule has 0 saturated heterocycles. The van der Waals surface area contributed by atoms with Gasteiger partial charge in [-0.2, -0.15) is 0 Å². The molecule has 0 fully saturated rings. The summed E-state index contributed by atoms with van der Waals surface area (Å²) in [6.07, 6.45) is 1.15. The summed E-state index contributed by atoms with van der Waals surface area (Å²) in [4.78, 5) is 20.6. The first-order chi connectivity index (χ1) is 12.3. The van der Waals surface area contributed by atoms with Crippen molar-refractivity contribution in [1.82, 2.24) is 5.32 Å². The van der Waals surface area contributed by atoms with Gasteiger partial charge >= 0.3 is 71.1 Å². The van der Waals surface area contributed by atoms with Gasteiger partial charge in [0.1, 0.15) is 6.04 Å². The first kappa shape index (κ1) is 40.0. The van der Waals surface area contributed by atoms with E-state index in [2.05, 4.69) is 5.32 Å². The minimum Gasteiger partial charge on any atom is -0.759 e. The fraction of sp³-hybridized carbons (Fsp3) is 0.846. The normalized spacial score (nSPS) is 11.3. The molecule has 16 heteroatoms. The maximum atomic E-state index is 10.5. The van der Waals surface area contributed by atoms with Gasteiger partial charge in [0, 0.05) is 22.4 Å². The molecule has 1 unspecified atom stereocenters. The Balaban J connectivity index is -0.000000105. The molecule has 7 N–H and O–H groups in total. The quantitative estimate of drug-likeness (QED) is 0.0848. The van der Waals surface area contributed by atoms with Gasteiger partial charge in [-0.1, -0.05) is 6.92 Å². The number of aliphatic hydroxyl groups excluding tert-OH is 4. The molecule has 0 aliphatic carbocycles. The average Bonchev–Trinajstić information content (AvgIpc) is 2.56. The van der Waals surface area contributed by atoms with Crippen LogP contribution in [0.3, 0.4) is 0 Å². The van der Waals surface area contributed by atoms with Gasteiger partial charge in [-0.25, -0.2) is 0 Å². The Hall–Kier alpha value is 0.610. The van der Waals surface area contributed by atoms with Crippen molar-refractivity contribution in [2.75, 3.05) is 33.0 Å². The summed E-state index contributed by atoms with van der Waals surface area (Å²) in [6, 6.07) is -0.900. The molecule has 0 heterocycles. The van der Waals surface area contributed by atoms with Gasteiger partial charge in [-0.3, -0.25) is 23.3 Å². The number of hydrogen-bond acceptors (Lipinski definition) is 11. The Bertz CT molecular complexity index is 477. The summed E-state index contributed by atoms with van der Waals surface area (Å²) >= 11 is 0. The Labute approximate surface area is 213 Å². The van der Waals surface area contributed by atoms with Crippen molar-refractivity contribution >= 4 is 22.3 Å². The van der Waals surface area contributed by atoms with Crippen LogP contribution in [0.5, 0.6) is 0 Å². The van der Waals surface area contributed by atoms with E-state index < -0.39 is 33.8 Å². The van der Waals surface area contributed by atoms with Gasteiger partial charge in [0.25, 0.3) is 0 Å². The van der Waals surface area contributed by atoms with Gasteiger partial charge in [0.2, 0.25) is 0 Å². The molecule has 0 aliphatic heterocycles. The fourth-order valence-corrected chi connectivity index (χ4v) is 1.30. The summed E-state index contributed by atoms with van der Waals surface area (Å²) in [5.41, 5.74) is -0.667. The molecular formula is C13H27NNa2O12S. The standard InChI is InChI=1S/C7H13NO5.C6H14O3.2Na.H2O4S/c9-3-1-2-5(7(12)13)8-4-6(10)11;1-2-6(3-7,4-8)5-9;;;1-5(2,3)4/h5,8-9H,1-4H2,(H,10,11)(H,12,13);7-9H,2-5H2,1H3;;;(H2,1,2,3,4)/q;;2*+1;/p-2. The Morgan fingerprint density at radius 3 is 1.55 bits per heavy atom. The van der Waals surface area contributed by atoms with E-state index in [1.165, 1.54) is 0 Å². The first-order valence-corrected chi connectivity index (χ1v) is 8.93. The maximum absolute atomic E-state index is 10.5. The summed E-state index contributed by atoms with van der Waals surface area (Å²) in [5.74, 6) is -2.20. The molecule has 0 aromatic heterocycles. The van der Waals surface area contributed by atoms with E-state index in [0.717, 1.165) is 0 Å². The number of aliphatic carboxylic acids is 2. The van der Waals surface area contributed by atoms with E-state index >= 15 is 0 Å². The second-order valence-corrected chi connectivity index (χ2v) is 6.08. The van der Waals surface area contributed by atoms with Gasteiger partial charge in [0.05, 0.1) is 26.4 Å². The Morgan fingerprint density at radius 1 is 1.00 bits per heavy atom. The molecule has 0 aromatic carbocycles. The van der Waals surface area contributed by atoms with E-state index in [0.29, 0.717) is 12.8 Å². The Morgan fingerprint density at radius 2 is 1.38 bits per heavy atom. The zero-order valence-electron chi connectivity index (χ0n) is 16.8. The monoisotopic (exact) mass is 467 g/mol. The Kier molecular flexibility index (Phi) is 32.1. The van der Waals surface area contributed by atoms with Crippen LogP contribution in [-0.4, -0.2) is 99.1 Å². The summed E-state index contributed by atoms with van der Waals surface area (Å²) in [7, 11) is -5.17. The maximum Gasteiger partial charge on any atom is 1.00 e. The van der Waals surface area contributed by atoms with Crippen molar-refractivity contribution in [1.29, 1.82) is 0 Å². The topological polar surface area (TPSA) is 248 Å². The summed E-state index contributed by atoms with van der Waals surface area (Å²) < 4.78 is 34.1. The van der Waals surface area contributed by atoms with Crippen LogP contribution in [0.2, 0.25) is 0 Å². The minimum atomic E-state index is -5.17. The zero-order valence-corrected chi connectivity index (χ0v) is 21.6. The van der Waals surface area contributed by atoms with E-state index in [-0.39, 0.29) is 98.5 Å². The van der Waals surface area contributed by atoms with E-state index in [4.69, 9.17) is 48.2 Å². The van der Waals surface area contributed by atoms with Crippen molar-refractivity contribution in [2.24, 2.45) is 5.41 Å². The van der Waals surface area contributed by atoms with E-state index in [1.54, 1.807) is 0 Å². The number of hydrogen-bond donors (Lipinski definition) is 7. The smallest absolute Gasteiger partial charge is 0.759 e. The van der Waals surface area contributed by atoms with Crippen LogP contribution >= 0.6 is 0 Å². The van der Waals surface area contributed by atoms with Crippen molar-refractivity contribution in [2.45, 2.75) is 32.2 Å². The van der Waals surface area contributed by atoms with E-state index in [1.807, 2.05) is 6.92 Å². The fourth-order valence-electron chi connectivity index (χ4n) is 1.30. The summed E-state index contributed by atoms with van der Waals surface area (Å²) in [6.45, 7) is 0.868. The predicted molar refractivity (Wildman–Crippen MR) is 87.8 cm³/mol. The number of carboxylic acid groups (broad SMARTS) is 2. The van der Waals surface area contributed by atoms with E-state index in [9.17, 15) is 9.59 Å². The predicted octanol–water partition coefficient (Wildman–Crippen LogP) is -9.08. The van der Waals surface area contributed by atoms with Crippen LogP contribution in [0.25, 0.3) is 0 Å². The minimum absolute atomic E-state index is 0. The second-order valence-electron chi connectivity index (χ2n) is 5.27. The number of carbonyl (C=O) groups is 2. The molecule has 13 nitrogen and oxygen atoms in total. The number of nitrogens with one attached hydrogen (secondary N) is 1. The molecule has 0 rings (SSSR count). The first-order valence-electron chi connectivity index (χ1n) is 7.60. The SMILES string of the molecule is CCC(CO)(CO)CO.O=C(O)CNC(CCCO)C(=O)O.O=S(=O)([O-])[O-].[Na+].[Na+]. The van der Waals surface area contributed by atoms with Crippen molar-refractivity contribution < 1.29 is 117 Å². The van der Waals surface area contributed by atoms with Crippen LogP contribution in [0.15, 0.2) is 0 Å². The molecule has 0 radical (unpaired) electrons. The van der Waals surface area contributed by atoms with Gasteiger partial charge in [-0.05, 0) is 19.3 Å². The molecule has 0 aliphatic rings. The largest absolute Gasteiger partial charge is 1.00 e. The molecule has 1 atom stereocenters. The summed E-state index contributed by atoms with van der Waals surface area (Å²) in [5, 5.41) is 53.6. The zero-order chi connectivity index (χ0) is 22.1. The van der Waals surface area contributed by atoms with Gasteiger partial charge in [-0.15, -0.1) is 0 Å². The van der Waals surface area contributed by atoms with Gasteiger partial charge < -0.3 is 39.7 Å². The van der Waals surface area contributed by atoms with Crippen LogP contribution in [0, 0.1) is 5.41 Å². The third kappa shape index (κ3) is 30.9. The molecule has 29 heavy (non-hydrogen) atoms. The number of carboxylic acids is 2. The molecule has 0 saturated carbocycles. The number of aliphatic hydroxyl groups is 4. The van der Waals surface area contributed by atoms with Crippen LogP contribution in [0.4, 0.5) is 0 Å². The third-order valence-corrected chi connectivity index (χ3v) is 3.20. The van der Waals surface area contributed by atoms with Crippen molar-refractivity contribution in [3.05, 3.63) is 0 Å². The molecule has 0 amide bonds. The van der Waals surface area contributed by atoms with Gasteiger partial charge in [0.15, 0.2) is 0 Å². The van der Waals surface area contributed by atoms with Crippen molar-refractivity contribution in [3.8, 4) is 0 Å². The van der Waals surface area contributed by atoms with Crippen molar-refractivity contribution in [3.63, 3.8) is 0 Å². The molecule has 0 bridgehead atoms. The molecule has 164 valence electrons. The second kappa shape index (κ2) is 23.3.